The van der Waals surface area contributed by atoms with E-state index < -0.39 is 11.8 Å². The maximum Gasteiger partial charge on any atom is 0.336 e. The molecular formula is C12H6BrClFNO2S. The van der Waals surface area contributed by atoms with Crippen LogP contribution in [0.4, 0.5) is 4.39 Å². The van der Waals surface area contributed by atoms with Crippen LogP contribution in [0.1, 0.15) is 10.4 Å². The van der Waals surface area contributed by atoms with Gasteiger partial charge in [0.2, 0.25) is 0 Å². The number of carbonyl (C=O) groups is 1. The predicted octanol–water partition coefficient (Wildman–Crippen LogP) is 4.49. The van der Waals surface area contributed by atoms with E-state index in [1.54, 1.807) is 18.3 Å². The Labute approximate surface area is 125 Å². The molecule has 1 N–H and O–H groups in total. The number of halogens is 3. The minimum Gasteiger partial charge on any atom is -0.478 e. The van der Waals surface area contributed by atoms with Crippen molar-refractivity contribution in [3.63, 3.8) is 0 Å². The van der Waals surface area contributed by atoms with Gasteiger partial charge in [-0.05, 0) is 40.2 Å². The van der Waals surface area contributed by atoms with Crippen LogP contribution < -0.4 is 0 Å². The molecule has 2 aromatic rings. The van der Waals surface area contributed by atoms with Crippen LogP contribution in [-0.2, 0) is 0 Å². The number of carboxylic acids is 1. The first-order valence-electron chi connectivity index (χ1n) is 5.00. The van der Waals surface area contributed by atoms with Gasteiger partial charge in [0, 0.05) is 6.20 Å². The molecule has 98 valence electrons. The van der Waals surface area contributed by atoms with E-state index in [1.165, 1.54) is 12.1 Å². The summed E-state index contributed by atoms with van der Waals surface area (Å²) in [5, 5.41) is 9.74. The Kier molecular flexibility index (Phi) is 4.44. The number of nitrogens with zero attached hydrogens (tertiary/aromatic N) is 1. The number of hydrogen-bond donors (Lipinski definition) is 1. The topological polar surface area (TPSA) is 50.2 Å². The lowest BCUT2D eigenvalue weighted by atomic mass is 10.2. The molecule has 1 aromatic heterocycles. The third-order valence-corrected chi connectivity index (χ3v) is 4.45. The molecule has 0 spiro atoms. The highest BCUT2D eigenvalue weighted by molar-refractivity contribution is 9.10. The summed E-state index contributed by atoms with van der Waals surface area (Å²) in [7, 11) is 0. The van der Waals surface area contributed by atoms with Gasteiger partial charge >= 0.3 is 5.97 Å². The van der Waals surface area contributed by atoms with Crippen LogP contribution in [-0.4, -0.2) is 16.1 Å². The van der Waals surface area contributed by atoms with Gasteiger partial charge < -0.3 is 5.11 Å². The molecule has 0 atom stereocenters. The summed E-state index contributed by atoms with van der Waals surface area (Å²) in [5.41, 5.74) is -0.131. The molecule has 0 fully saturated rings. The summed E-state index contributed by atoms with van der Waals surface area (Å²) in [4.78, 5) is 15.1. The van der Waals surface area contributed by atoms with E-state index in [1.807, 2.05) is 0 Å². The SMILES string of the molecule is O=C(O)c1ccc(Sc2ncccc2Cl)c(F)c1Br. The number of hydrogen-bond acceptors (Lipinski definition) is 3. The normalized spacial score (nSPS) is 10.5. The van der Waals surface area contributed by atoms with Crippen molar-refractivity contribution in [1.29, 1.82) is 0 Å². The molecule has 0 unspecified atom stereocenters. The molecule has 0 saturated heterocycles. The average molecular weight is 363 g/mol. The van der Waals surface area contributed by atoms with Gasteiger partial charge in [0.15, 0.2) is 5.82 Å². The van der Waals surface area contributed by atoms with Crippen molar-refractivity contribution in [2.75, 3.05) is 0 Å². The number of benzene rings is 1. The quantitative estimate of drug-likeness (QED) is 0.874. The first-order valence-corrected chi connectivity index (χ1v) is 6.99. The summed E-state index contributed by atoms with van der Waals surface area (Å²) >= 11 is 9.91. The lowest BCUT2D eigenvalue weighted by Crippen LogP contribution is -2.00. The van der Waals surface area contributed by atoms with Crippen molar-refractivity contribution in [3.8, 4) is 0 Å². The molecule has 0 bridgehead atoms. The van der Waals surface area contributed by atoms with E-state index in [2.05, 4.69) is 20.9 Å². The van der Waals surface area contributed by atoms with E-state index >= 15 is 0 Å². The first-order chi connectivity index (χ1) is 9.00. The van der Waals surface area contributed by atoms with Crippen LogP contribution in [0.15, 0.2) is 44.9 Å². The zero-order valence-electron chi connectivity index (χ0n) is 9.23. The molecule has 3 nitrogen and oxygen atoms in total. The Morgan fingerprint density at radius 1 is 1.42 bits per heavy atom. The van der Waals surface area contributed by atoms with E-state index in [0.717, 1.165) is 11.8 Å². The van der Waals surface area contributed by atoms with E-state index in [4.69, 9.17) is 16.7 Å². The summed E-state index contributed by atoms with van der Waals surface area (Å²) in [5.74, 6) is -1.84. The monoisotopic (exact) mass is 361 g/mol. The van der Waals surface area contributed by atoms with Gasteiger partial charge in [0.05, 0.1) is 20.0 Å². The second-order valence-electron chi connectivity index (χ2n) is 3.44. The van der Waals surface area contributed by atoms with Crippen LogP contribution in [0.2, 0.25) is 5.02 Å². The number of pyridine rings is 1. The van der Waals surface area contributed by atoms with Crippen molar-refractivity contribution in [2.45, 2.75) is 9.92 Å². The van der Waals surface area contributed by atoms with Crippen LogP contribution in [0.3, 0.4) is 0 Å². The highest BCUT2D eigenvalue weighted by Gasteiger charge is 2.17. The second-order valence-corrected chi connectivity index (χ2v) is 5.67. The third-order valence-electron chi connectivity index (χ3n) is 2.21. The first kappa shape index (κ1) is 14.3. The largest absolute Gasteiger partial charge is 0.478 e. The second kappa shape index (κ2) is 5.90. The average Bonchev–Trinajstić information content (AvgIpc) is 2.37. The van der Waals surface area contributed by atoms with E-state index in [0.29, 0.717) is 10.0 Å². The number of carboxylic acid groups (broad SMARTS) is 1. The summed E-state index contributed by atoms with van der Waals surface area (Å²) in [6, 6.07) is 6.04. The zero-order valence-corrected chi connectivity index (χ0v) is 12.4. The molecule has 0 radical (unpaired) electrons. The molecule has 0 saturated carbocycles. The molecule has 19 heavy (non-hydrogen) atoms. The van der Waals surface area contributed by atoms with E-state index in [-0.39, 0.29) is 14.9 Å². The smallest absolute Gasteiger partial charge is 0.336 e. The maximum absolute atomic E-state index is 14.0. The van der Waals surface area contributed by atoms with Gasteiger partial charge in [0.1, 0.15) is 5.03 Å². The predicted molar refractivity (Wildman–Crippen MR) is 74.4 cm³/mol. The molecule has 0 aliphatic carbocycles. The van der Waals surface area contributed by atoms with Gasteiger partial charge in [-0.2, -0.15) is 0 Å². The molecule has 2 rings (SSSR count). The lowest BCUT2D eigenvalue weighted by molar-refractivity contribution is 0.0695. The van der Waals surface area contributed by atoms with E-state index in [9.17, 15) is 9.18 Å². The minimum atomic E-state index is -1.20. The Hall–Kier alpha value is -1.11. The number of rotatable bonds is 3. The highest BCUT2D eigenvalue weighted by atomic mass is 79.9. The minimum absolute atomic E-state index is 0.0861. The fraction of sp³-hybridized carbons (Fsp3) is 0. The van der Waals surface area contributed by atoms with Gasteiger partial charge in [-0.15, -0.1) is 0 Å². The van der Waals surface area contributed by atoms with Gasteiger partial charge in [-0.25, -0.2) is 14.2 Å². The molecular weight excluding hydrogens is 357 g/mol. The fourth-order valence-corrected chi connectivity index (χ4v) is 3.03. The Balaban J connectivity index is 2.40. The number of aromatic carboxylic acids is 1. The third kappa shape index (κ3) is 3.08. The van der Waals surface area contributed by atoms with Gasteiger partial charge in [-0.1, -0.05) is 23.4 Å². The molecule has 1 heterocycles. The van der Waals surface area contributed by atoms with Crippen molar-refractivity contribution >= 4 is 45.3 Å². The molecule has 1 aromatic carbocycles. The van der Waals surface area contributed by atoms with Crippen LogP contribution in [0.25, 0.3) is 0 Å². The van der Waals surface area contributed by atoms with Crippen molar-refractivity contribution < 1.29 is 14.3 Å². The standard InChI is InChI=1S/C12H6BrClFNO2S/c13-9-6(12(17)18)3-4-8(10(9)15)19-11-7(14)2-1-5-16-11/h1-5H,(H,17,18). The summed E-state index contributed by atoms with van der Waals surface area (Å²) in [6.45, 7) is 0. The van der Waals surface area contributed by atoms with Crippen LogP contribution >= 0.6 is 39.3 Å². The van der Waals surface area contributed by atoms with Crippen molar-refractivity contribution in [3.05, 3.63) is 51.3 Å². The maximum atomic E-state index is 14.0. The highest BCUT2D eigenvalue weighted by Crippen LogP contribution is 2.36. The van der Waals surface area contributed by atoms with Crippen LogP contribution in [0.5, 0.6) is 0 Å². The molecule has 0 aliphatic rings. The summed E-state index contributed by atoms with van der Waals surface area (Å²) < 4.78 is 14.0. The number of aromatic nitrogens is 1. The molecule has 0 amide bonds. The zero-order chi connectivity index (χ0) is 14.0. The van der Waals surface area contributed by atoms with Gasteiger partial charge in [-0.3, -0.25) is 0 Å². The Morgan fingerprint density at radius 2 is 2.16 bits per heavy atom. The molecule has 7 heteroatoms. The van der Waals surface area contributed by atoms with Crippen LogP contribution in [0, 0.1) is 5.82 Å². The molecule has 0 aliphatic heterocycles. The van der Waals surface area contributed by atoms with Crippen molar-refractivity contribution in [2.24, 2.45) is 0 Å². The lowest BCUT2D eigenvalue weighted by Gasteiger charge is -2.07. The summed E-state index contributed by atoms with van der Waals surface area (Å²) in [6.07, 6.45) is 1.55. The Morgan fingerprint density at radius 3 is 2.79 bits per heavy atom. The fourth-order valence-electron chi connectivity index (χ4n) is 1.33. The van der Waals surface area contributed by atoms with Crippen molar-refractivity contribution in [1.82, 2.24) is 4.98 Å². The van der Waals surface area contributed by atoms with Gasteiger partial charge in [0.25, 0.3) is 0 Å². The Bertz CT molecular complexity index is 654.